The van der Waals surface area contributed by atoms with Gasteiger partial charge in [-0.25, -0.2) is 8.42 Å². The Morgan fingerprint density at radius 1 is 1.06 bits per heavy atom. The van der Waals surface area contributed by atoms with Crippen LogP contribution in [0.4, 0.5) is 5.69 Å². The normalized spacial score (nSPS) is 18.1. The average Bonchev–Trinajstić information content (AvgIpc) is 3.16. The van der Waals surface area contributed by atoms with Gasteiger partial charge in [-0.2, -0.15) is 4.72 Å². The molecule has 1 N–H and O–H groups in total. The first-order valence-electron chi connectivity index (χ1n) is 11.0. The Morgan fingerprint density at radius 3 is 2.45 bits per heavy atom. The van der Waals surface area contributed by atoms with Crippen LogP contribution >= 0.6 is 0 Å². The first-order chi connectivity index (χ1) is 14.8. The van der Waals surface area contributed by atoms with Gasteiger partial charge in [-0.3, -0.25) is 4.79 Å². The van der Waals surface area contributed by atoms with Crippen molar-refractivity contribution < 1.29 is 13.2 Å². The lowest BCUT2D eigenvalue weighted by Gasteiger charge is -2.35. The molecule has 0 spiro atoms. The van der Waals surface area contributed by atoms with Crippen LogP contribution in [0.2, 0.25) is 0 Å². The minimum Gasteiger partial charge on any atom is -0.371 e. The van der Waals surface area contributed by atoms with Crippen LogP contribution in [-0.2, 0) is 21.2 Å². The number of fused-ring (bicyclic) bond motifs is 1. The van der Waals surface area contributed by atoms with Gasteiger partial charge in [-0.1, -0.05) is 35.9 Å². The number of sulfonamides is 1. The van der Waals surface area contributed by atoms with Gasteiger partial charge in [-0.05, 0) is 62.8 Å². The van der Waals surface area contributed by atoms with Crippen LogP contribution in [0.5, 0.6) is 0 Å². The van der Waals surface area contributed by atoms with E-state index in [4.69, 9.17) is 0 Å². The van der Waals surface area contributed by atoms with Crippen molar-refractivity contribution in [3.63, 3.8) is 0 Å². The number of carbonyl (C=O) groups excluding carboxylic acids is 1. The Balaban J connectivity index is 1.29. The number of hydrogen-bond donors (Lipinski definition) is 1. The van der Waals surface area contributed by atoms with Crippen molar-refractivity contribution in [1.82, 2.24) is 9.62 Å². The van der Waals surface area contributed by atoms with E-state index in [1.807, 2.05) is 6.92 Å². The maximum absolute atomic E-state index is 12.9. The lowest BCUT2D eigenvalue weighted by molar-refractivity contribution is -0.133. The third-order valence-electron chi connectivity index (χ3n) is 6.42. The molecule has 2 aliphatic rings. The van der Waals surface area contributed by atoms with Crippen molar-refractivity contribution in [2.75, 3.05) is 31.1 Å². The number of nitrogens with one attached hydrogen (secondary N) is 1. The zero-order chi connectivity index (χ0) is 22.0. The monoisotopic (exact) mass is 441 g/mol. The summed E-state index contributed by atoms with van der Waals surface area (Å²) in [7, 11) is -3.72. The summed E-state index contributed by atoms with van der Waals surface area (Å²) < 4.78 is 27.7. The first kappa shape index (κ1) is 21.8. The van der Waals surface area contributed by atoms with Gasteiger partial charge >= 0.3 is 0 Å². The fraction of sp³-hybridized carbons (Fsp3) is 0.458. The van der Waals surface area contributed by atoms with Crippen molar-refractivity contribution in [2.24, 2.45) is 5.92 Å². The van der Waals surface area contributed by atoms with E-state index in [-0.39, 0.29) is 10.8 Å². The van der Waals surface area contributed by atoms with Crippen LogP contribution in [0, 0.1) is 12.8 Å². The summed E-state index contributed by atoms with van der Waals surface area (Å²) in [4.78, 5) is 17.3. The standard InChI is InChI=1S/C24H31N3O3S/c1-18-7-9-22(10-8-18)31(29,30)25-19(2)24(28)26-14-11-20(12-15-26)17-27-16-13-21-5-3-4-6-23(21)27/h3-10,19-20,25H,11-17H2,1-2H3/t19-/m0/s1. The molecule has 7 heteroatoms. The Kier molecular flexibility index (Phi) is 6.34. The molecule has 0 radical (unpaired) electrons. The molecule has 2 heterocycles. The Hall–Kier alpha value is -2.38. The minimum absolute atomic E-state index is 0.152. The van der Waals surface area contributed by atoms with E-state index >= 15 is 0 Å². The largest absolute Gasteiger partial charge is 0.371 e. The third-order valence-corrected chi connectivity index (χ3v) is 7.98. The summed E-state index contributed by atoms with van der Waals surface area (Å²) in [5, 5.41) is 0. The van der Waals surface area contributed by atoms with Crippen LogP contribution in [0.1, 0.15) is 30.9 Å². The van der Waals surface area contributed by atoms with E-state index in [2.05, 4.69) is 33.9 Å². The Labute approximate surface area is 185 Å². The molecule has 2 aliphatic heterocycles. The maximum atomic E-state index is 12.9. The molecule has 4 rings (SSSR count). The molecule has 1 atom stereocenters. The molecule has 0 unspecified atom stereocenters. The summed E-state index contributed by atoms with van der Waals surface area (Å²) in [5.74, 6) is 0.399. The predicted molar refractivity (Wildman–Crippen MR) is 123 cm³/mol. The molecule has 0 aromatic heterocycles. The van der Waals surface area contributed by atoms with E-state index < -0.39 is 16.1 Å². The number of benzene rings is 2. The van der Waals surface area contributed by atoms with Crippen LogP contribution in [0.15, 0.2) is 53.4 Å². The predicted octanol–water partition coefficient (Wildman–Crippen LogP) is 2.96. The van der Waals surface area contributed by atoms with Gasteiger partial charge in [0.2, 0.25) is 15.9 Å². The number of piperidine rings is 1. The smallest absolute Gasteiger partial charge is 0.241 e. The van der Waals surface area contributed by atoms with Gasteiger partial charge in [0.25, 0.3) is 0 Å². The van der Waals surface area contributed by atoms with Gasteiger partial charge in [0, 0.05) is 31.9 Å². The van der Waals surface area contributed by atoms with E-state index in [9.17, 15) is 13.2 Å². The van der Waals surface area contributed by atoms with E-state index in [1.165, 1.54) is 11.3 Å². The molecule has 1 amide bonds. The second-order valence-electron chi connectivity index (χ2n) is 8.75. The van der Waals surface area contributed by atoms with E-state index in [0.29, 0.717) is 19.0 Å². The topological polar surface area (TPSA) is 69.7 Å². The van der Waals surface area contributed by atoms with Crippen molar-refractivity contribution in [3.8, 4) is 0 Å². The Bertz CT molecular complexity index is 1030. The number of rotatable bonds is 6. The molecule has 166 valence electrons. The summed E-state index contributed by atoms with van der Waals surface area (Å²) in [5.41, 5.74) is 3.76. The molecule has 2 aromatic carbocycles. The van der Waals surface area contributed by atoms with Crippen molar-refractivity contribution >= 4 is 21.6 Å². The molecule has 1 saturated heterocycles. The fourth-order valence-corrected chi connectivity index (χ4v) is 5.78. The van der Waals surface area contributed by atoms with Gasteiger partial charge < -0.3 is 9.80 Å². The van der Waals surface area contributed by atoms with Crippen molar-refractivity contribution in [2.45, 2.75) is 44.0 Å². The van der Waals surface area contributed by atoms with Crippen LogP contribution in [0.25, 0.3) is 0 Å². The Morgan fingerprint density at radius 2 is 1.74 bits per heavy atom. The molecule has 2 aromatic rings. The van der Waals surface area contributed by atoms with Gasteiger partial charge in [0.05, 0.1) is 10.9 Å². The number of anilines is 1. The SMILES string of the molecule is Cc1ccc(S(=O)(=O)N[C@@H](C)C(=O)N2CCC(CN3CCc4ccccc43)CC2)cc1. The summed E-state index contributed by atoms with van der Waals surface area (Å²) in [6.07, 6.45) is 3.00. The number of nitrogens with zero attached hydrogens (tertiary/aromatic N) is 2. The highest BCUT2D eigenvalue weighted by atomic mass is 32.2. The average molecular weight is 442 g/mol. The van der Waals surface area contributed by atoms with Gasteiger partial charge in [-0.15, -0.1) is 0 Å². The highest BCUT2D eigenvalue weighted by molar-refractivity contribution is 7.89. The van der Waals surface area contributed by atoms with Crippen molar-refractivity contribution in [1.29, 1.82) is 0 Å². The molecule has 0 saturated carbocycles. The highest BCUT2D eigenvalue weighted by Crippen LogP contribution is 2.30. The fourth-order valence-electron chi connectivity index (χ4n) is 4.59. The van der Waals surface area contributed by atoms with Crippen LogP contribution in [0.3, 0.4) is 0 Å². The zero-order valence-corrected chi connectivity index (χ0v) is 19.1. The first-order valence-corrected chi connectivity index (χ1v) is 12.5. The zero-order valence-electron chi connectivity index (χ0n) is 18.3. The van der Waals surface area contributed by atoms with Gasteiger partial charge in [0.15, 0.2) is 0 Å². The summed E-state index contributed by atoms with van der Waals surface area (Å²) in [6.45, 7) is 6.97. The number of hydrogen-bond acceptors (Lipinski definition) is 4. The number of likely N-dealkylation sites (tertiary alicyclic amines) is 1. The van der Waals surface area contributed by atoms with E-state index in [1.54, 1.807) is 36.1 Å². The molecule has 0 bridgehead atoms. The highest BCUT2D eigenvalue weighted by Gasteiger charge is 2.30. The molecule has 0 aliphatic carbocycles. The van der Waals surface area contributed by atoms with Crippen molar-refractivity contribution in [3.05, 3.63) is 59.7 Å². The van der Waals surface area contributed by atoms with Crippen LogP contribution in [-0.4, -0.2) is 51.4 Å². The lowest BCUT2D eigenvalue weighted by atomic mass is 9.95. The summed E-state index contributed by atoms with van der Waals surface area (Å²) in [6, 6.07) is 14.5. The van der Waals surface area contributed by atoms with Gasteiger partial charge in [0.1, 0.15) is 0 Å². The number of aryl methyl sites for hydroxylation is 1. The maximum Gasteiger partial charge on any atom is 0.241 e. The second kappa shape index (κ2) is 9.01. The minimum atomic E-state index is -3.72. The molecular weight excluding hydrogens is 410 g/mol. The molecular formula is C24H31N3O3S. The molecule has 1 fully saturated rings. The molecule has 31 heavy (non-hydrogen) atoms. The number of carbonyl (C=O) groups is 1. The summed E-state index contributed by atoms with van der Waals surface area (Å²) >= 11 is 0. The molecule has 6 nitrogen and oxygen atoms in total. The number of amides is 1. The quantitative estimate of drug-likeness (QED) is 0.748. The lowest BCUT2D eigenvalue weighted by Crippen LogP contribution is -2.50. The number of para-hydroxylation sites is 1. The second-order valence-corrected chi connectivity index (χ2v) is 10.5. The van der Waals surface area contributed by atoms with Crippen LogP contribution < -0.4 is 9.62 Å². The third kappa shape index (κ3) is 4.93. The van der Waals surface area contributed by atoms with E-state index in [0.717, 1.165) is 37.9 Å².